The molecule has 1 heterocycles. The maximum atomic E-state index is 12.4. The van der Waals surface area contributed by atoms with Gasteiger partial charge < -0.3 is 9.47 Å². The number of benzene rings is 2. The summed E-state index contributed by atoms with van der Waals surface area (Å²) in [4.78, 5) is 12.4. The highest BCUT2D eigenvalue weighted by Gasteiger charge is 2.10. The predicted octanol–water partition coefficient (Wildman–Crippen LogP) is 4.09. The van der Waals surface area contributed by atoms with Crippen molar-refractivity contribution in [2.75, 3.05) is 14.2 Å². The second kappa shape index (κ2) is 9.58. The SMILES string of the molecule is COc1cc(/C=N/NC(=O)c2ccc(Cn3nc(C)cc3C)cc2)cc(Br)c1OC. The Bertz CT molecular complexity index is 1070. The Balaban J connectivity index is 1.63. The Kier molecular flexibility index (Phi) is 6.89. The van der Waals surface area contributed by atoms with Crippen LogP contribution in [0.3, 0.4) is 0 Å². The van der Waals surface area contributed by atoms with Gasteiger partial charge in [-0.15, -0.1) is 0 Å². The Morgan fingerprint density at radius 1 is 1.17 bits per heavy atom. The highest BCUT2D eigenvalue weighted by Crippen LogP contribution is 2.35. The lowest BCUT2D eigenvalue weighted by atomic mass is 10.1. The summed E-state index contributed by atoms with van der Waals surface area (Å²) >= 11 is 3.43. The van der Waals surface area contributed by atoms with Crippen LogP contribution in [0.5, 0.6) is 11.5 Å². The first kappa shape index (κ1) is 21.6. The fourth-order valence-electron chi connectivity index (χ4n) is 3.01. The second-order valence-corrected chi connectivity index (χ2v) is 7.57. The average Bonchev–Trinajstić information content (AvgIpc) is 3.04. The molecular weight excluding hydrogens is 448 g/mol. The van der Waals surface area contributed by atoms with E-state index in [1.807, 2.05) is 42.8 Å². The maximum absolute atomic E-state index is 12.4. The van der Waals surface area contributed by atoms with Gasteiger partial charge in [-0.2, -0.15) is 10.2 Å². The minimum absolute atomic E-state index is 0.288. The Labute approximate surface area is 183 Å². The molecule has 7 nitrogen and oxygen atoms in total. The van der Waals surface area contributed by atoms with Crippen LogP contribution in [-0.4, -0.2) is 36.1 Å². The fraction of sp³-hybridized carbons (Fsp3) is 0.227. The number of aromatic nitrogens is 2. The number of ether oxygens (including phenoxy) is 2. The summed E-state index contributed by atoms with van der Waals surface area (Å²) in [6, 6.07) is 13.0. The Morgan fingerprint density at radius 3 is 2.50 bits per heavy atom. The number of carbonyl (C=O) groups excluding carboxylic acids is 1. The summed E-state index contributed by atoms with van der Waals surface area (Å²) in [7, 11) is 3.13. The zero-order chi connectivity index (χ0) is 21.7. The second-order valence-electron chi connectivity index (χ2n) is 6.72. The molecule has 0 fully saturated rings. The molecule has 1 aromatic heterocycles. The first-order valence-electron chi connectivity index (χ1n) is 9.26. The van der Waals surface area contributed by atoms with Crippen LogP contribution < -0.4 is 14.9 Å². The van der Waals surface area contributed by atoms with E-state index in [0.29, 0.717) is 23.6 Å². The zero-order valence-electron chi connectivity index (χ0n) is 17.3. The average molecular weight is 471 g/mol. The van der Waals surface area contributed by atoms with Crippen molar-refractivity contribution in [2.24, 2.45) is 5.10 Å². The van der Waals surface area contributed by atoms with Gasteiger partial charge in [-0.1, -0.05) is 12.1 Å². The number of hydrogen-bond donors (Lipinski definition) is 1. The van der Waals surface area contributed by atoms with Gasteiger partial charge in [-0.3, -0.25) is 9.48 Å². The first-order chi connectivity index (χ1) is 14.4. The molecule has 0 unspecified atom stereocenters. The Morgan fingerprint density at radius 2 is 1.90 bits per heavy atom. The molecule has 0 spiro atoms. The van der Waals surface area contributed by atoms with E-state index in [1.165, 1.54) is 0 Å². The van der Waals surface area contributed by atoms with Crippen molar-refractivity contribution in [3.05, 3.63) is 75.0 Å². The molecule has 0 aliphatic heterocycles. The lowest BCUT2D eigenvalue weighted by Crippen LogP contribution is -2.17. The van der Waals surface area contributed by atoms with Crippen molar-refractivity contribution in [3.8, 4) is 11.5 Å². The van der Waals surface area contributed by atoms with Gasteiger partial charge >= 0.3 is 0 Å². The topological polar surface area (TPSA) is 77.7 Å². The van der Waals surface area contributed by atoms with Gasteiger partial charge in [0.25, 0.3) is 5.91 Å². The van der Waals surface area contributed by atoms with Crippen LogP contribution in [-0.2, 0) is 6.54 Å². The van der Waals surface area contributed by atoms with Crippen LogP contribution >= 0.6 is 15.9 Å². The zero-order valence-corrected chi connectivity index (χ0v) is 18.9. The Hall–Kier alpha value is -3.13. The molecule has 2 aromatic carbocycles. The lowest BCUT2D eigenvalue weighted by Gasteiger charge is -2.10. The van der Waals surface area contributed by atoms with Crippen LogP contribution in [0.25, 0.3) is 0 Å². The van der Waals surface area contributed by atoms with Gasteiger partial charge in [0.2, 0.25) is 0 Å². The smallest absolute Gasteiger partial charge is 0.271 e. The first-order valence-corrected chi connectivity index (χ1v) is 10.1. The van der Waals surface area contributed by atoms with Crippen molar-refractivity contribution >= 4 is 28.1 Å². The molecule has 30 heavy (non-hydrogen) atoms. The van der Waals surface area contributed by atoms with Gasteiger partial charge in [0.15, 0.2) is 11.5 Å². The maximum Gasteiger partial charge on any atom is 0.271 e. The van der Waals surface area contributed by atoms with Crippen molar-refractivity contribution in [2.45, 2.75) is 20.4 Å². The molecule has 0 radical (unpaired) electrons. The number of amides is 1. The standard InChI is InChI=1S/C22H23BrN4O3/c1-14-9-15(2)27(26-14)13-16-5-7-18(8-6-16)22(28)25-24-12-17-10-19(23)21(30-4)20(11-17)29-3/h5-12H,13H2,1-4H3,(H,25,28)/b24-12+. The third-order valence-corrected chi connectivity index (χ3v) is 5.08. The quantitative estimate of drug-likeness (QED) is 0.416. The van der Waals surface area contributed by atoms with Crippen LogP contribution in [0.2, 0.25) is 0 Å². The summed E-state index contributed by atoms with van der Waals surface area (Å²) in [6.07, 6.45) is 1.54. The highest BCUT2D eigenvalue weighted by atomic mass is 79.9. The summed E-state index contributed by atoms with van der Waals surface area (Å²) in [5, 5.41) is 8.50. The van der Waals surface area contributed by atoms with E-state index < -0.39 is 0 Å². The van der Waals surface area contributed by atoms with Crippen LogP contribution in [0, 0.1) is 13.8 Å². The van der Waals surface area contributed by atoms with Crippen molar-refractivity contribution in [1.29, 1.82) is 0 Å². The largest absolute Gasteiger partial charge is 0.493 e. The minimum Gasteiger partial charge on any atom is -0.493 e. The van der Waals surface area contributed by atoms with Gasteiger partial charge in [-0.05, 0) is 71.2 Å². The predicted molar refractivity (Wildman–Crippen MR) is 120 cm³/mol. The van der Waals surface area contributed by atoms with Crippen molar-refractivity contribution in [3.63, 3.8) is 0 Å². The summed E-state index contributed by atoms with van der Waals surface area (Å²) in [5.74, 6) is 0.876. The van der Waals surface area contributed by atoms with Crippen LogP contribution in [0.4, 0.5) is 0 Å². The number of nitrogens with one attached hydrogen (secondary N) is 1. The number of methoxy groups -OCH3 is 2. The number of rotatable bonds is 7. The van der Waals surface area contributed by atoms with Crippen LogP contribution in [0.15, 0.2) is 52.0 Å². The molecule has 8 heteroatoms. The third kappa shape index (κ3) is 5.07. The van der Waals surface area contributed by atoms with E-state index in [4.69, 9.17) is 9.47 Å². The molecule has 0 atom stereocenters. The van der Waals surface area contributed by atoms with Gasteiger partial charge in [0.1, 0.15) is 0 Å². The number of hydrogen-bond acceptors (Lipinski definition) is 5. The molecule has 156 valence electrons. The molecule has 0 aliphatic rings. The number of carbonyl (C=O) groups is 1. The van der Waals surface area contributed by atoms with Crippen molar-refractivity contribution < 1.29 is 14.3 Å². The molecule has 0 aliphatic carbocycles. The van der Waals surface area contributed by atoms with Crippen LogP contribution in [0.1, 0.15) is 32.9 Å². The fourth-order valence-corrected chi connectivity index (χ4v) is 3.63. The van der Waals surface area contributed by atoms with Gasteiger partial charge in [0, 0.05) is 11.3 Å². The number of aryl methyl sites for hydroxylation is 2. The summed E-state index contributed by atoms with van der Waals surface area (Å²) in [6.45, 7) is 4.66. The molecule has 0 saturated heterocycles. The number of nitrogens with zero attached hydrogens (tertiary/aromatic N) is 3. The molecule has 0 saturated carbocycles. The molecule has 1 amide bonds. The van der Waals surface area contributed by atoms with Gasteiger partial charge in [-0.25, -0.2) is 5.43 Å². The van der Waals surface area contributed by atoms with Crippen molar-refractivity contribution in [1.82, 2.24) is 15.2 Å². The van der Waals surface area contributed by atoms with E-state index in [0.717, 1.165) is 27.0 Å². The molecule has 1 N–H and O–H groups in total. The summed E-state index contributed by atoms with van der Waals surface area (Å²) < 4.78 is 13.3. The highest BCUT2D eigenvalue weighted by molar-refractivity contribution is 9.10. The summed E-state index contributed by atoms with van der Waals surface area (Å²) in [5.41, 5.74) is 6.97. The number of hydrazone groups is 1. The molecular formula is C22H23BrN4O3. The molecule has 3 aromatic rings. The lowest BCUT2D eigenvalue weighted by molar-refractivity contribution is 0.0955. The monoisotopic (exact) mass is 470 g/mol. The van der Waals surface area contributed by atoms with E-state index in [9.17, 15) is 4.79 Å². The van der Waals surface area contributed by atoms with E-state index in [1.54, 1.807) is 38.6 Å². The molecule has 0 bridgehead atoms. The third-order valence-electron chi connectivity index (χ3n) is 4.49. The number of halogens is 1. The minimum atomic E-state index is -0.288. The van der Waals surface area contributed by atoms with E-state index in [-0.39, 0.29) is 5.91 Å². The van der Waals surface area contributed by atoms with E-state index >= 15 is 0 Å². The normalized spacial score (nSPS) is 11.0. The molecule has 3 rings (SSSR count). The van der Waals surface area contributed by atoms with Gasteiger partial charge in [0.05, 0.1) is 37.1 Å². The van der Waals surface area contributed by atoms with E-state index in [2.05, 4.69) is 31.6 Å².